The van der Waals surface area contributed by atoms with Crippen LogP contribution in [0.25, 0.3) is 0 Å². The van der Waals surface area contributed by atoms with Gasteiger partial charge in [0.05, 0.1) is 6.10 Å². The van der Waals surface area contributed by atoms with Crippen molar-refractivity contribution in [3.8, 4) is 5.75 Å². The lowest BCUT2D eigenvalue weighted by molar-refractivity contribution is 0.104. The summed E-state index contributed by atoms with van der Waals surface area (Å²) in [6.07, 6.45) is 0.342. The predicted octanol–water partition coefficient (Wildman–Crippen LogP) is 2.91. The Balaban J connectivity index is 2.55. The molecule has 0 radical (unpaired) electrons. The standard InChI is InChI=1S/C11H15BrO2/c1-3-9(13)7-14-10-4-5-11(12)8(2)6-10/h4-6,9,13H,3,7H2,1-2H3. The highest BCUT2D eigenvalue weighted by molar-refractivity contribution is 9.10. The highest BCUT2D eigenvalue weighted by Crippen LogP contribution is 2.21. The van der Waals surface area contributed by atoms with E-state index in [-0.39, 0.29) is 6.10 Å². The number of rotatable bonds is 4. The van der Waals surface area contributed by atoms with Gasteiger partial charge in [-0.3, -0.25) is 0 Å². The van der Waals surface area contributed by atoms with Crippen LogP contribution in [0, 0.1) is 6.92 Å². The van der Waals surface area contributed by atoms with Crippen LogP contribution in [0.2, 0.25) is 0 Å². The molecule has 1 N–H and O–H groups in total. The molecular formula is C11H15BrO2. The second-order valence-corrected chi connectivity index (χ2v) is 4.14. The van der Waals surface area contributed by atoms with Crippen LogP contribution < -0.4 is 4.74 Å². The van der Waals surface area contributed by atoms with Gasteiger partial charge < -0.3 is 9.84 Å². The zero-order valence-corrected chi connectivity index (χ0v) is 10.0. The van der Waals surface area contributed by atoms with Crippen LogP contribution in [0.15, 0.2) is 22.7 Å². The van der Waals surface area contributed by atoms with Gasteiger partial charge in [-0.05, 0) is 37.1 Å². The Morgan fingerprint density at radius 1 is 1.50 bits per heavy atom. The van der Waals surface area contributed by atoms with Gasteiger partial charge in [0.15, 0.2) is 0 Å². The maximum Gasteiger partial charge on any atom is 0.119 e. The molecule has 0 saturated carbocycles. The molecule has 1 atom stereocenters. The van der Waals surface area contributed by atoms with Crippen molar-refractivity contribution in [3.05, 3.63) is 28.2 Å². The molecule has 1 aromatic rings. The smallest absolute Gasteiger partial charge is 0.119 e. The normalized spacial score (nSPS) is 12.6. The first-order valence-corrected chi connectivity index (χ1v) is 5.49. The average molecular weight is 259 g/mol. The topological polar surface area (TPSA) is 29.5 Å². The van der Waals surface area contributed by atoms with Gasteiger partial charge in [0.25, 0.3) is 0 Å². The molecule has 3 heteroatoms. The van der Waals surface area contributed by atoms with Gasteiger partial charge >= 0.3 is 0 Å². The van der Waals surface area contributed by atoms with Crippen molar-refractivity contribution in [1.29, 1.82) is 0 Å². The molecule has 0 aliphatic heterocycles. The monoisotopic (exact) mass is 258 g/mol. The Labute approximate surface area is 93.0 Å². The summed E-state index contributed by atoms with van der Waals surface area (Å²) in [5.41, 5.74) is 1.13. The summed E-state index contributed by atoms with van der Waals surface area (Å²) < 4.78 is 6.49. The van der Waals surface area contributed by atoms with Crippen molar-refractivity contribution in [3.63, 3.8) is 0 Å². The lowest BCUT2D eigenvalue weighted by Gasteiger charge is -2.10. The second kappa shape index (κ2) is 5.37. The van der Waals surface area contributed by atoms with Gasteiger partial charge in [-0.15, -0.1) is 0 Å². The number of aliphatic hydroxyl groups is 1. The van der Waals surface area contributed by atoms with E-state index in [2.05, 4.69) is 15.9 Å². The lowest BCUT2D eigenvalue weighted by atomic mass is 10.2. The largest absolute Gasteiger partial charge is 0.491 e. The first-order valence-electron chi connectivity index (χ1n) is 4.70. The van der Waals surface area contributed by atoms with Crippen molar-refractivity contribution in [2.75, 3.05) is 6.61 Å². The number of halogens is 1. The molecule has 0 heterocycles. The summed E-state index contributed by atoms with van der Waals surface area (Å²) in [5.74, 6) is 0.804. The Morgan fingerprint density at radius 3 is 2.79 bits per heavy atom. The van der Waals surface area contributed by atoms with E-state index in [0.717, 1.165) is 22.2 Å². The van der Waals surface area contributed by atoms with Gasteiger partial charge in [0.1, 0.15) is 12.4 Å². The molecule has 0 spiro atoms. The minimum Gasteiger partial charge on any atom is -0.491 e. The molecule has 0 bridgehead atoms. The second-order valence-electron chi connectivity index (χ2n) is 3.28. The van der Waals surface area contributed by atoms with Gasteiger partial charge in [0.2, 0.25) is 0 Å². The Hall–Kier alpha value is -0.540. The van der Waals surface area contributed by atoms with E-state index in [1.54, 1.807) is 0 Å². The number of hydrogen-bond acceptors (Lipinski definition) is 2. The third-order valence-electron chi connectivity index (χ3n) is 2.04. The predicted molar refractivity (Wildman–Crippen MR) is 60.7 cm³/mol. The molecule has 0 fully saturated rings. The highest BCUT2D eigenvalue weighted by Gasteiger charge is 2.02. The van der Waals surface area contributed by atoms with Crippen molar-refractivity contribution in [2.45, 2.75) is 26.4 Å². The van der Waals surface area contributed by atoms with E-state index in [1.807, 2.05) is 32.0 Å². The summed E-state index contributed by atoms with van der Waals surface area (Å²) >= 11 is 3.42. The van der Waals surface area contributed by atoms with Crippen LogP contribution in [0.5, 0.6) is 5.75 Å². The SMILES string of the molecule is CCC(O)COc1ccc(Br)c(C)c1. The molecule has 14 heavy (non-hydrogen) atoms. The minimum atomic E-state index is -0.376. The molecule has 0 aliphatic carbocycles. The maximum absolute atomic E-state index is 9.31. The molecule has 0 amide bonds. The summed E-state index contributed by atoms with van der Waals surface area (Å²) in [7, 11) is 0. The van der Waals surface area contributed by atoms with Crippen LogP contribution in [-0.2, 0) is 0 Å². The molecule has 0 saturated heterocycles. The number of aryl methyl sites for hydroxylation is 1. The lowest BCUT2D eigenvalue weighted by Crippen LogP contribution is -2.15. The summed E-state index contributed by atoms with van der Waals surface area (Å²) in [6.45, 7) is 4.30. The van der Waals surface area contributed by atoms with Crippen molar-refractivity contribution in [2.24, 2.45) is 0 Å². The van der Waals surface area contributed by atoms with Crippen LogP contribution in [0.1, 0.15) is 18.9 Å². The van der Waals surface area contributed by atoms with Crippen LogP contribution in [0.3, 0.4) is 0 Å². The van der Waals surface area contributed by atoms with E-state index in [9.17, 15) is 5.11 Å². The Morgan fingerprint density at radius 2 is 2.21 bits per heavy atom. The zero-order valence-electron chi connectivity index (χ0n) is 8.46. The van der Waals surface area contributed by atoms with Crippen molar-refractivity contribution < 1.29 is 9.84 Å². The van der Waals surface area contributed by atoms with Crippen LogP contribution >= 0.6 is 15.9 Å². The summed E-state index contributed by atoms with van der Waals surface area (Å²) in [5, 5.41) is 9.31. The summed E-state index contributed by atoms with van der Waals surface area (Å²) in [4.78, 5) is 0. The van der Waals surface area contributed by atoms with Crippen molar-refractivity contribution >= 4 is 15.9 Å². The van der Waals surface area contributed by atoms with Gasteiger partial charge in [-0.25, -0.2) is 0 Å². The molecule has 0 aromatic heterocycles. The first kappa shape index (κ1) is 11.5. The molecule has 1 unspecified atom stereocenters. The van der Waals surface area contributed by atoms with Crippen LogP contribution in [-0.4, -0.2) is 17.8 Å². The molecule has 78 valence electrons. The van der Waals surface area contributed by atoms with E-state index in [1.165, 1.54) is 0 Å². The molecular weight excluding hydrogens is 244 g/mol. The average Bonchev–Trinajstić information content (AvgIpc) is 2.19. The number of ether oxygens (including phenoxy) is 1. The minimum absolute atomic E-state index is 0.359. The fourth-order valence-corrected chi connectivity index (χ4v) is 1.26. The van der Waals surface area contributed by atoms with E-state index in [4.69, 9.17) is 4.74 Å². The van der Waals surface area contributed by atoms with E-state index in [0.29, 0.717) is 6.61 Å². The van der Waals surface area contributed by atoms with E-state index < -0.39 is 0 Å². The fourth-order valence-electron chi connectivity index (χ4n) is 1.02. The Kier molecular flexibility index (Phi) is 4.42. The third-order valence-corrected chi connectivity index (χ3v) is 2.93. The van der Waals surface area contributed by atoms with E-state index >= 15 is 0 Å². The summed E-state index contributed by atoms with van der Waals surface area (Å²) in [6, 6.07) is 5.79. The molecule has 0 aliphatic rings. The quantitative estimate of drug-likeness (QED) is 0.900. The van der Waals surface area contributed by atoms with Gasteiger partial charge in [-0.2, -0.15) is 0 Å². The maximum atomic E-state index is 9.31. The number of aliphatic hydroxyl groups excluding tert-OH is 1. The number of hydrogen-bond donors (Lipinski definition) is 1. The zero-order chi connectivity index (χ0) is 10.6. The van der Waals surface area contributed by atoms with Gasteiger partial charge in [-0.1, -0.05) is 22.9 Å². The third kappa shape index (κ3) is 3.31. The fraction of sp³-hybridized carbons (Fsp3) is 0.455. The highest BCUT2D eigenvalue weighted by atomic mass is 79.9. The van der Waals surface area contributed by atoms with Gasteiger partial charge in [0, 0.05) is 4.47 Å². The number of benzene rings is 1. The molecule has 1 aromatic carbocycles. The van der Waals surface area contributed by atoms with Crippen LogP contribution in [0.4, 0.5) is 0 Å². The Bertz CT molecular complexity index is 299. The molecule has 2 nitrogen and oxygen atoms in total. The van der Waals surface area contributed by atoms with Crippen molar-refractivity contribution in [1.82, 2.24) is 0 Å². The molecule has 1 rings (SSSR count). The first-order chi connectivity index (χ1) is 6.63.